The van der Waals surface area contributed by atoms with Crippen molar-refractivity contribution < 1.29 is 14.7 Å². The van der Waals surface area contributed by atoms with Gasteiger partial charge in [0.05, 0.1) is 17.3 Å². The third-order valence-electron chi connectivity index (χ3n) is 6.68. The van der Waals surface area contributed by atoms with Gasteiger partial charge in [-0.05, 0) is 62.3 Å². The van der Waals surface area contributed by atoms with Gasteiger partial charge in [-0.1, -0.05) is 42.8 Å². The largest absolute Gasteiger partial charge is 0.463 e. The van der Waals surface area contributed by atoms with Crippen LogP contribution in [0.5, 0.6) is 0 Å². The molecule has 2 unspecified atom stereocenters. The number of nitrogens with zero attached hydrogens (tertiary/aromatic N) is 4. The number of piperidine rings is 1. The van der Waals surface area contributed by atoms with Gasteiger partial charge in [0.15, 0.2) is 0 Å². The molecule has 1 aliphatic heterocycles. The minimum atomic E-state index is -1.19. The number of hydrogen-bond donors (Lipinski definition) is 3. The number of rotatable bonds is 5. The number of carbonyl (C=O) groups is 2. The Labute approximate surface area is 208 Å². The number of carbonyl (C=O) groups excluding carboxylic acids is 1. The lowest BCUT2D eigenvalue weighted by atomic mass is 9.91. The van der Waals surface area contributed by atoms with E-state index in [-0.39, 0.29) is 18.1 Å². The summed E-state index contributed by atoms with van der Waals surface area (Å²) in [5, 5.41) is 20.6. The van der Waals surface area contributed by atoms with Crippen molar-refractivity contribution in [2.75, 3.05) is 18.9 Å². The molecule has 1 saturated heterocycles. The zero-order valence-electron chi connectivity index (χ0n) is 20.0. The first kappa shape index (κ1) is 23.5. The van der Waals surface area contributed by atoms with E-state index >= 15 is 0 Å². The van der Waals surface area contributed by atoms with Gasteiger partial charge in [-0.3, -0.25) is 4.98 Å². The Kier molecular flexibility index (Phi) is 6.64. The maximum absolute atomic E-state index is 13.2. The zero-order chi connectivity index (χ0) is 25.1. The molecule has 5 rings (SSSR count). The molecule has 2 amide bonds. The van der Waals surface area contributed by atoms with Gasteiger partial charge in [-0.15, -0.1) is 0 Å². The number of amides is 2. The standard InChI is InChI=1S/C27H28N6O3/c1-32-16-8-6-12-23(32)24(18-9-3-2-4-10-18)30-26(34)29-19-13-14-22-20(17-19)25(31-33(22)27(35)36)21-11-5-7-15-28-21/h2-5,7,9-11,13-15,17,23-24H,6,8,12,16H2,1H3,(H,35,36)(H2,29,30,34). The average molecular weight is 485 g/mol. The van der Waals surface area contributed by atoms with Crippen molar-refractivity contribution in [3.05, 3.63) is 78.5 Å². The summed E-state index contributed by atoms with van der Waals surface area (Å²) < 4.78 is 0.924. The number of pyridine rings is 1. The third-order valence-corrected chi connectivity index (χ3v) is 6.68. The first-order chi connectivity index (χ1) is 17.5. The highest BCUT2D eigenvalue weighted by atomic mass is 16.4. The normalized spacial score (nSPS) is 17.0. The Balaban J connectivity index is 1.43. The molecule has 3 N–H and O–H groups in total. The Morgan fingerprint density at radius 2 is 1.86 bits per heavy atom. The smallest absolute Gasteiger partial charge is 0.432 e. The molecular formula is C27H28N6O3. The minimum absolute atomic E-state index is 0.168. The van der Waals surface area contributed by atoms with Gasteiger partial charge in [-0.25, -0.2) is 9.59 Å². The van der Waals surface area contributed by atoms with Gasteiger partial charge in [-0.2, -0.15) is 9.78 Å². The molecular weight excluding hydrogens is 456 g/mol. The van der Waals surface area contributed by atoms with Crippen LogP contribution in [0.1, 0.15) is 30.9 Å². The van der Waals surface area contributed by atoms with Crippen molar-refractivity contribution in [2.24, 2.45) is 0 Å². The lowest BCUT2D eigenvalue weighted by Crippen LogP contribution is -2.47. The maximum atomic E-state index is 13.2. The lowest BCUT2D eigenvalue weighted by Gasteiger charge is -2.38. The van der Waals surface area contributed by atoms with E-state index in [1.165, 1.54) is 0 Å². The van der Waals surface area contributed by atoms with Gasteiger partial charge in [0, 0.05) is 23.3 Å². The van der Waals surface area contributed by atoms with E-state index < -0.39 is 6.09 Å². The van der Waals surface area contributed by atoms with Crippen LogP contribution >= 0.6 is 0 Å². The topological polar surface area (TPSA) is 112 Å². The molecule has 2 aromatic heterocycles. The van der Waals surface area contributed by atoms with Crippen molar-refractivity contribution in [1.82, 2.24) is 25.0 Å². The minimum Gasteiger partial charge on any atom is -0.463 e. The highest BCUT2D eigenvalue weighted by Crippen LogP contribution is 2.30. The molecule has 9 heteroatoms. The Hall–Kier alpha value is -4.24. The summed E-state index contributed by atoms with van der Waals surface area (Å²) in [4.78, 5) is 31.6. The first-order valence-corrected chi connectivity index (χ1v) is 12.0. The molecule has 3 heterocycles. The molecule has 1 fully saturated rings. The van der Waals surface area contributed by atoms with Gasteiger partial charge < -0.3 is 20.6 Å². The molecule has 2 aromatic carbocycles. The van der Waals surface area contributed by atoms with Crippen molar-refractivity contribution in [2.45, 2.75) is 31.3 Å². The van der Waals surface area contributed by atoms with Crippen LogP contribution in [-0.2, 0) is 0 Å². The summed E-state index contributed by atoms with van der Waals surface area (Å²) in [5.41, 5.74) is 2.99. The third kappa shape index (κ3) is 4.78. The van der Waals surface area contributed by atoms with Crippen LogP contribution < -0.4 is 10.6 Å². The monoisotopic (exact) mass is 484 g/mol. The fraction of sp³-hybridized carbons (Fsp3) is 0.259. The van der Waals surface area contributed by atoms with Gasteiger partial charge in [0.25, 0.3) is 0 Å². The molecule has 0 radical (unpaired) electrons. The summed E-state index contributed by atoms with van der Waals surface area (Å²) in [7, 11) is 2.10. The number of benzene rings is 2. The predicted molar refractivity (Wildman–Crippen MR) is 138 cm³/mol. The average Bonchev–Trinajstić information content (AvgIpc) is 3.28. The van der Waals surface area contributed by atoms with Crippen LogP contribution in [0.15, 0.2) is 72.9 Å². The number of nitrogens with one attached hydrogen (secondary N) is 2. The summed E-state index contributed by atoms with van der Waals surface area (Å²) in [6.07, 6.45) is 3.72. The summed E-state index contributed by atoms with van der Waals surface area (Å²) in [6.45, 7) is 0.998. The summed E-state index contributed by atoms with van der Waals surface area (Å²) in [6, 6.07) is 20.1. The van der Waals surface area contributed by atoms with Crippen LogP contribution in [0, 0.1) is 0 Å². The fourth-order valence-corrected chi connectivity index (χ4v) is 4.93. The molecule has 0 aliphatic carbocycles. The highest BCUT2D eigenvalue weighted by Gasteiger charge is 2.30. The number of urea groups is 1. The second-order valence-electron chi connectivity index (χ2n) is 9.02. The van der Waals surface area contributed by atoms with Gasteiger partial charge in [0.2, 0.25) is 0 Å². The quantitative estimate of drug-likeness (QED) is 0.369. The van der Waals surface area contributed by atoms with Crippen LogP contribution in [0.3, 0.4) is 0 Å². The van der Waals surface area contributed by atoms with Crippen molar-refractivity contribution in [1.29, 1.82) is 0 Å². The van der Waals surface area contributed by atoms with Crippen LogP contribution in [0.4, 0.5) is 15.3 Å². The summed E-state index contributed by atoms with van der Waals surface area (Å²) >= 11 is 0. The Bertz CT molecular complexity index is 1370. The molecule has 4 aromatic rings. The fourth-order valence-electron chi connectivity index (χ4n) is 4.93. The zero-order valence-corrected chi connectivity index (χ0v) is 20.0. The second kappa shape index (κ2) is 10.2. The maximum Gasteiger partial charge on any atom is 0.432 e. The molecule has 0 saturated carbocycles. The van der Waals surface area contributed by atoms with Crippen LogP contribution in [0.25, 0.3) is 22.3 Å². The van der Waals surface area contributed by atoms with E-state index in [2.05, 4.69) is 32.7 Å². The number of aromatic nitrogens is 3. The van der Waals surface area contributed by atoms with Crippen molar-refractivity contribution >= 4 is 28.7 Å². The number of anilines is 1. The Morgan fingerprint density at radius 1 is 1.06 bits per heavy atom. The van der Waals surface area contributed by atoms with E-state index in [0.717, 1.165) is 36.1 Å². The molecule has 9 nitrogen and oxygen atoms in total. The second-order valence-corrected chi connectivity index (χ2v) is 9.02. The SMILES string of the molecule is CN1CCCCC1C(NC(=O)Nc1ccc2c(c1)c(-c1ccccn1)nn2C(=O)O)c1ccccc1. The van der Waals surface area contributed by atoms with Gasteiger partial charge >= 0.3 is 12.1 Å². The number of carboxylic acid groups (broad SMARTS) is 1. The van der Waals surface area contributed by atoms with E-state index in [9.17, 15) is 14.7 Å². The number of fused-ring (bicyclic) bond motifs is 1. The van der Waals surface area contributed by atoms with Crippen LogP contribution in [-0.4, -0.2) is 56.5 Å². The Morgan fingerprint density at radius 3 is 2.58 bits per heavy atom. The summed E-state index contributed by atoms with van der Waals surface area (Å²) in [5.74, 6) is 0. The predicted octanol–water partition coefficient (Wildman–Crippen LogP) is 4.97. The highest BCUT2D eigenvalue weighted by molar-refractivity contribution is 6.00. The molecule has 0 bridgehead atoms. The van der Waals surface area contributed by atoms with E-state index in [0.29, 0.717) is 28.0 Å². The molecule has 0 spiro atoms. The van der Waals surface area contributed by atoms with Crippen molar-refractivity contribution in [3.63, 3.8) is 0 Å². The first-order valence-electron chi connectivity index (χ1n) is 12.0. The molecule has 1 aliphatic rings. The number of likely N-dealkylation sites (tertiary alicyclic amines) is 1. The van der Waals surface area contributed by atoms with Gasteiger partial charge in [0.1, 0.15) is 5.69 Å². The van der Waals surface area contributed by atoms with E-state index in [4.69, 9.17) is 0 Å². The van der Waals surface area contributed by atoms with Crippen molar-refractivity contribution in [3.8, 4) is 11.4 Å². The molecule has 36 heavy (non-hydrogen) atoms. The number of hydrogen-bond acceptors (Lipinski definition) is 5. The van der Waals surface area contributed by atoms with E-state index in [1.54, 1.807) is 36.5 Å². The molecule has 2 atom stereocenters. The number of likely N-dealkylation sites (N-methyl/N-ethyl adjacent to an activating group) is 1. The lowest BCUT2D eigenvalue weighted by molar-refractivity contribution is 0.147. The van der Waals surface area contributed by atoms with Crippen LogP contribution in [0.2, 0.25) is 0 Å². The van der Waals surface area contributed by atoms with E-state index in [1.807, 2.05) is 36.4 Å². The molecule has 184 valence electrons.